The van der Waals surface area contributed by atoms with E-state index >= 15 is 0 Å². The number of ether oxygens (including phenoxy) is 1. The van der Waals surface area contributed by atoms with Crippen molar-refractivity contribution < 1.29 is 22.7 Å². The monoisotopic (exact) mass is 613 g/mol. The highest BCUT2D eigenvalue weighted by molar-refractivity contribution is 7.92. The lowest BCUT2D eigenvalue weighted by Crippen LogP contribution is -2.54. The standard InChI is InChI=1S/C35H39N3O5S/c1-4-27(2)36-35(40)33(24-28-15-8-5-9-16-28)37(25-29-17-14-20-31(23-29)43-3)34(39)26-38(30-18-10-6-11-19-30)44(41,42)32-21-12-7-13-22-32/h5-23,27,33H,4,24-26H2,1-3H3,(H,36,40). The molecule has 8 nitrogen and oxygen atoms in total. The van der Waals surface area contributed by atoms with Gasteiger partial charge in [0.05, 0.1) is 17.7 Å². The molecule has 0 bridgehead atoms. The molecule has 9 heteroatoms. The number of anilines is 1. The SMILES string of the molecule is CCC(C)NC(=O)C(Cc1ccccc1)N(Cc1cccc(OC)c1)C(=O)CN(c1ccccc1)S(=O)(=O)c1ccccc1. The van der Waals surface area contributed by atoms with E-state index in [9.17, 15) is 18.0 Å². The first-order chi connectivity index (χ1) is 21.2. The van der Waals surface area contributed by atoms with Crippen LogP contribution in [0.1, 0.15) is 31.4 Å². The average Bonchev–Trinajstić information content (AvgIpc) is 3.06. The largest absolute Gasteiger partial charge is 0.497 e. The molecule has 4 aromatic carbocycles. The summed E-state index contributed by atoms with van der Waals surface area (Å²) in [6, 6.07) is 32.3. The summed E-state index contributed by atoms with van der Waals surface area (Å²) in [5.74, 6) is -0.218. The zero-order valence-electron chi connectivity index (χ0n) is 25.3. The molecule has 0 aliphatic carbocycles. The van der Waals surface area contributed by atoms with Crippen molar-refractivity contribution in [3.63, 3.8) is 0 Å². The minimum absolute atomic E-state index is 0.0614. The fraction of sp³-hybridized carbons (Fsp3) is 0.257. The van der Waals surface area contributed by atoms with E-state index in [-0.39, 0.29) is 29.8 Å². The lowest BCUT2D eigenvalue weighted by Gasteiger charge is -2.34. The van der Waals surface area contributed by atoms with Crippen LogP contribution >= 0.6 is 0 Å². The molecule has 0 radical (unpaired) electrons. The Labute approximate surface area is 260 Å². The maximum absolute atomic E-state index is 14.5. The van der Waals surface area contributed by atoms with Crippen LogP contribution in [-0.4, -0.2) is 50.9 Å². The first kappa shape index (κ1) is 32.3. The van der Waals surface area contributed by atoms with E-state index in [0.717, 1.165) is 15.4 Å². The molecule has 0 saturated carbocycles. The van der Waals surface area contributed by atoms with Gasteiger partial charge >= 0.3 is 0 Å². The highest BCUT2D eigenvalue weighted by Gasteiger charge is 2.35. The van der Waals surface area contributed by atoms with Gasteiger partial charge in [0.25, 0.3) is 10.0 Å². The molecule has 0 fully saturated rings. The van der Waals surface area contributed by atoms with Crippen LogP contribution < -0.4 is 14.4 Å². The van der Waals surface area contributed by atoms with Gasteiger partial charge < -0.3 is 15.0 Å². The number of nitrogens with zero attached hydrogens (tertiary/aromatic N) is 2. The smallest absolute Gasteiger partial charge is 0.264 e. The Hall–Kier alpha value is -4.63. The highest BCUT2D eigenvalue weighted by atomic mass is 32.2. The molecule has 1 N–H and O–H groups in total. The number of rotatable bonds is 14. The Balaban J connectivity index is 1.79. The normalized spacial score (nSPS) is 12.5. The number of amides is 2. The Bertz CT molecular complexity index is 1620. The van der Waals surface area contributed by atoms with E-state index < -0.39 is 28.5 Å². The molecule has 0 saturated heterocycles. The van der Waals surface area contributed by atoms with Gasteiger partial charge in [0, 0.05) is 19.0 Å². The molecule has 0 aliphatic heterocycles. The van der Waals surface area contributed by atoms with Gasteiger partial charge in [0.2, 0.25) is 11.8 Å². The second-order valence-electron chi connectivity index (χ2n) is 10.6. The third kappa shape index (κ3) is 8.26. The number of methoxy groups -OCH3 is 1. The summed E-state index contributed by atoms with van der Waals surface area (Å²) in [6.07, 6.45) is 0.959. The number of benzene rings is 4. The van der Waals surface area contributed by atoms with Crippen LogP contribution in [0.25, 0.3) is 0 Å². The first-order valence-electron chi connectivity index (χ1n) is 14.6. The molecule has 4 rings (SSSR count). The van der Waals surface area contributed by atoms with Crippen molar-refractivity contribution in [1.29, 1.82) is 0 Å². The van der Waals surface area contributed by atoms with Gasteiger partial charge in [0.15, 0.2) is 0 Å². The van der Waals surface area contributed by atoms with Crippen molar-refractivity contribution in [2.45, 2.75) is 50.2 Å². The van der Waals surface area contributed by atoms with Crippen LogP contribution in [0.2, 0.25) is 0 Å². The number of sulfonamides is 1. The molecular formula is C35H39N3O5S. The number of hydrogen-bond acceptors (Lipinski definition) is 5. The molecule has 0 heterocycles. The van der Waals surface area contributed by atoms with Gasteiger partial charge in [0.1, 0.15) is 18.3 Å². The van der Waals surface area contributed by atoms with Crippen molar-refractivity contribution in [2.75, 3.05) is 18.0 Å². The average molecular weight is 614 g/mol. The third-order valence-corrected chi connectivity index (χ3v) is 9.20. The van der Waals surface area contributed by atoms with E-state index in [4.69, 9.17) is 4.74 Å². The Morgan fingerprint density at radius 1 is 0.818 bits per heavy atom. The third-order valence-electron chi connectivity index (χ3n) is 7.41. The lowest BCUT2D eigenvalue weighted by atomic mass is 10.0. The predicted octanol–water partition coefficient (Wildman–Crippen LogP) is 5.45. The minimum Gasteiger partial charge on any atom is -0.497 e. The summed E-state index contributed by atoms with van der Waals surface area (Å²) in [5, 5.41) is 3.05. The fourth-order valence-electron chi connectivity index (χ4n) is 4.81. The van der Waals surface area contributed by atoms with Crippen LogP contribution in [0.4, 0.5) is 5.69 Å². The van der Waals surface area contributed by atoms with Gasteiger partial charge in [-0.1, -0.05) is 85.8 Å². The summed E-state index contributed by atoms with van der Waals surface area (Å²) in [6.45, 7) is 3.44. The van der Waals surface area contributed by atoms with Gasteiger partial charge in [-0.2, -0.15) is 0 Å². The topological polar surface area (TPSA) is 96.0 Å². The zero-order chi connectivity index (χ0) is 31.5. The summed E-state index contributed by atoms with van der Waals surface area (Å²) in [4.78, 5) is 29.9. The molecule has 44 heavy (non-hydrogen) atoms. The fourth-order valence-corrected chi connectivity index (χ4v) is 6.24. The van der Waals surface area contributed by atoms with Gasteiger partial charge in [-0.3, -0.25) is 13.9 Å². The number of carbonyl (C=O) groups is 2. The molecule has 0 aromatic heterocycles. The lowest BCUT2D eigenvalue weighted by molar-refractivity contribution is -0.140. The van der Waals surface area contributed by atoms with E-state index in [0.29, 0.717) is 17.9 Å². The number of nitrogens with one attached hydrogen (secondary N) is 1. The Morgan fingerprint density at radius 2 is 1.41 bits per heavy atom. The van der Waals surface area contributed by atoms with Gasteiger partial charge in [-0.15, -0.1) is 0 Å². The number of para-hydroxylation sites is 1. The number of hydrogen-bond donors (Lipinski definition) is 1. The second-order valence-corrected chi connectivity index (χ2v) is 12.4. The van der Waals surface area contributed by atoms with Crippen molar-refractivity contribution in [3.05, 3.63) is 126 Å². The molecule has 0 aliphatic rings. The molecule has 2 unspecified atom stereocenters. The molecular weight excluding hydrogens is 574 g/mol. The molecule has 2 atom stereocenters. The van der Waals surface area contributed by atoms with Crippen molar-refractivity contribution in [1.82, 2.24) is 10.2 Å². The van der Waals surface area contributed by atoms with Gasteiger partial charge in [-0.05, 0) is 60.9 Å². The summed E-state index contributed by atoms with van der Waals surface area (Å²) in [5.41, 5.74) is 1.95. The summed E-state index contributed by atoms with van der Waals surface area (Å²) in [7, 11) is -2.57. The number of carbonyl (C=O) groups excluding carboxylic acids is 2. The first-order valence-corrected chi connectivity index (χ1v) is 16.1. The highest BCUT2D eigenvalue weighted by Crippen LogP contribution is 2.25. The van der Waals surface area contributed by atoms with Crippen LogP contribution in [0.15, 0.2) is 120 Å². The van der Waals surface area contributed by atoms with Crippen LogP contribution in [0, 0.1) is 0 Å². The predicted molar refractivity (Wildman–Crippen MR) is 173 cm³/mol. The van der Waals surface area contributed by atoms with E-state index in [1.807, 2.05) is 62.4 Å². The quantitative estimate of drug-likeness (QED) is 0.204. The van der Waals surface area contributed by atoms with Crippen LogP contribution in [0.5, 0.6) is 5.75 Å². The van der Waals surface area contributed by atoms with Crippen LogP contribution in [-0.2, 0) is 32.6 Å². The molecule has 0 spiro atoms. The van der Waals surface area contributed by atoms with E-state index in [1.165, 1.54) is 17.0 Å². The Morgan fingerprint density at radius 3 is 2.02 bits per heavy atom. The molecule has 2 amide bonds. The van der Waals surface area contributed by atoms with E-state index in [2.05, 4.69) is 5.32 Å². The maximum atomic E-state index is 14.5. The molecule has 230 valence electrons. The maximum Gasteiger partial charge on any atom is 0.264 e. The van der Waals surface area contributed by atoms with Crippen LogP contribution in [0.3, 0.4) is 0 Å². The van der Waals surface area contributed by atoms with Crippen molar-refractivity contribution >= 4 is 27.5 Å². The molecule has 4 aromatic rings. The van der Waals surface area contributed by atoms with Crippen molar-refractivity contribution in [3.8, 4) is 5.75 Å². The minimum atomic E-state index is -4.13. The Kier molecular flexibility index (Phi) is 11.2. The summed E-state index contributed by atoms with van der Waals surface area (Å²) >= 11 is 0. The zero-order valence-corrected chi connectivity index (χ0v) is 26.1. The van der Waals surface area contributed by atoms with Crippen molar-refractivity contribution in [2.24, 2.45) is 0 Å². The second kappa shape index (κ2) is 15.2. The van der Waals surface area contributed by atoms with E-state index in [1.54, 1.807) is 61.7 Å². The summed E-state index contributed by atoms with van der Waals surface area (Å²) < 4.78 is 34.5. The van der Waals surface area contributed by atoms with Gasteiger partial charge in [-0.25, -0.2) is 8.42 Å².